The van der Waals surface area contributed by atoms with Crippen LogP contribution in [0, 0.1) is 0 Å². The van der Waals surface area contributed by atoms with Crippen LogP contribution in [0.15, 0.2) is 19.6 Å². The molecule has 6 nitrogen and oxygen atoms in total. The van der Waals surface area contributed by atoms with Crippen molar-refractivity contribution in [3.63, 3.8) is 0 Å². The molecule has 3 rings (SSSR count). The van der Waals surface area contributed by atoms with Crippen molar-refractivity contribution in [1.82, 2.24) is 10.2 Å². The van der Waals surface area contributed by atoms with Gasteiger partial charge in [0.15, 0.2) is 10.4 Å². The maximum absolute atomic E-state index is 12.2. The van der Waals surface area contributed by atoms with Crippen LogP contribution in [0.25, 0.3) is 0 Å². The van der Waals surface area contributed by atoms with E-state index < -0.39 is 12.1 Å². The van der Waals surface area contributed by atoms with Crippen LogP contribution in [-0.4, -0.2) is 53.2 Å². The molecule has 1 saturated heterocycles. The van der Waals surface area contributed by atoms with E-state index in [1.807, 2.05) is 4.90 Å². The first-order valence-electron chi connectivity index (χ1n) is 6.83. The van der Waals surface area contributed by atoms with Crippen LogP contribution in [0.3, 0.4) is 0 Å². The van der Waals surface area contributed by atoms with E-state index in [4.69, 9.17) is 14.3 Å². The van der Waals surface area contributed by atoms with Crippen molar-refractivity contribution >= 4 is 43.7 Å². The summed E-state index contributed by atoms with van der Waals surface area (Å²) in [6, 6.07) is 1.72. The minimum absolute atomic E-state index is 0.0239. The van der Waals surface area contributed by atoms with Gasteiger partial charge in [-0.05, 0) is 44.7 Å². The maximum atomic E-state index is 12.2. The number of nitrogens with zero attached hydrogens (tertiary/aromatic N) is 1. The molecule has 0 atom stereocenters. The number of rotatable bonds is 1. The van der Waals surface area contributed by atoms with Crippen LogP contribution in [-0.2, 0) is 4.79 Å². The largest absolute Gasteiger partial charge is 0.490 e. The highest BCUT2D eigenvalue weighted by Crippen LogP contribution is 2.38. The average molecular weight is 478 g/mol. The second kappa shape index (κ2) is 7.04. The molecule has 1 spiro atoms. The fourth-order valence-electron chi connectivity index (χ4n) is 2.22. The molecule has 0 radical (unpaired) electrons. The Morgan fingerprint density at radius 2 is 1.92 bits per heavy atom. The van der Waals surface area contributed by atoms with E-state index in [1.54, 1.807) is 6.07 Å². The standard InChI is InChI=1S/C11H12Br2N2O2.C2HF3O2/c12-7-5-8(17-9(7)13)10(16)15-4-3-14-11(6-15)1-2-11;3-2(4,5)1(6)7/h5,14H,1-4,6H2;(H,6,7). The van der Waals surface area contributed by atoms with Gasteiger partial charge in [-0.1, -0.05) is 0 Å². The Bertz CT molecular complexity index is 624. The van der Waals surface area contributed by atoms with E-state index >= 15 is 0 Å². The van der Waals surface area contributed by atoms with Crippen LogP contribution >= 0.6 is 31.9 Å². The van der Waals surface area contributed by atoms with Crippen molar-refractivity contribution in [2.24, 2.45) is 0 Å². The highest BCUT2D eigenvalue weighted by atomic mass is 79.9. The van der Waals surface area contributed by atoms with Crippen molar-refractivity contribution in [1.29, 1.82) is 0 Å². The van der Waals surface area contributed by atoms with Crippen LogP contribution in [0.2, 0.25) is 0 Å². The van der Waals surface area contributed by atoms with E-state index in [0.29, 0.717) is 10.4 Å². The lowest BCUT2D eigenvalue weighted by Gasteiger charge is -2.33. The van der Waals surface area contributed by atoms with Crippen molar-refractivity contribution in [2.45, 2.75) is 24.6 Å². The Morgan fingerprint density at radius 1 is 1.33 bits per heavy atom. The Morgan fingerprint density at radius 3 is 2.33 bits per heavy atom. The zero-order valence-electron chi connectivity index (χ0n) is 12.1. The summed E-state index contributed by atoms with van der Waals surface area (Å²) >= 11 is 6.57. The topological polar surface area (TPSA) is 82.8 Å². The number of halogens is 5. The van der Waals surface area contributed by atoms with E-state index in [0.717, 1.165) is 24.1 Å². The predicted octanol–water partition coefficient (Wildman–Crippen LogP) is 3.02. The summed E-state index contributed by atoms with van der Waals surface area (Å²) in [6.07, 6.45) is -2.75. The quantitative estimate of drug-likeness (QED) is 0.649. The molecule has 0 bridgehead atoms. The molecule has 0 unspecified atom stereocenters. The smallest absolute Gasteiger partial charge is 0.475 e. The monoisotopic (exact) mass is 476 g/mol. The van der Waals surface area contributed by atoms with Crippen LogP contribution < -0.4 is 5.32 Å². The number of amides is 1. The molecule has 1 amide bonds. The lowest BCUT2D eigenvalue weighted by molar-refractivity contribution is -0.192. The van der Waals surface area contributed by atoms with Gasteiger partial charge in [0.1, 0.15) is 0 Å². The fraction of sp³-hybridized carbons (Fsp3) is 0.538. The summed E-state index contributed by atoms with van der Waals surface area (Å²) in [5.74, 6) is -2.39. The van der Waals surface area contributed by atoms with Crippen LogP contribution in [0.4, 0.5) is 13.2 Å². The van der Waals surface area contributed by atoms with Gasteiger partial charge in [0, 0.05) is 31.2 Å². The molecule has 1 saturated carbocycles. The van der Waals surface area contributed by atoms with E-state index in [-0.39, 0.29) is 11.4 Å². The highest BCUT2D eigenvalue weighted by Gasteiger charge is 2.46. The van der Waals surface area contributed by atoms with Gasteiger partial charge in [-0.2, -0.15) is 13.2 Å². The molecule has 1 aromatic heterocycles. The molecule has 134 valence electrons. The first-order valence-corrected chi connectivity index (χ1v) is 8.42. The number of carbonyl (C=O) groups is 2. The number of furan rings is 1. The number of carboxylic acid groups (broad SMARTS) is 1. The van der Waals surface area contributed by atoms with E-state index in [1.165, 1.54) is 12.8 Å². The molecule has 2 heterocycles. The molecular formula is C13H13Br2F3N2O4. The number of alkyl halides is 3. The second-order valence-corrected chi connectivity index (χ2v) is 7.04. The Balaban J connectivity index is 0.000000256. The van der Waals surface area contributed by atoms with E-state index in [2.05, 4.69) is 37.2 Å². The number of hydrogen-bond donors (Lipinski definition) is 2. The van der Waals surface area contributed by atoms with Crippen molar-refractivity contribution in [3.05, 3.63) is 21.0 Å². The summed E-state index contributed by atoms with van der Waals surface area (Å²) in [5, 5.41) is 10.6. The van der Waals surface area contributed by atoms with Gasteiger partial charge in [0.05, 0.1) is 4.47 Å². The molecule has 1 aliphatic heterocycles. The maximum Gasteiger partial charge on any atom is 0.490 e. The summed E-state index contributed by atoms with van der Waals surface area (Å²) < 4.78 is 38.5. The summed E-state index contributed by atoms with van der Waals surface area (Å²) in [5.41, 5.74) is 0.203. The Kier molecular flexibility index (Phi) is 5.65. The molecule has 2 N–H and O–H groups in total. The van der Waals surface area contributed by atoms with Gasteiger partial charge in [-0.25, -0.2) is 4.79 Å². The molecule has 0 aromatic carbocycles. The zero-order valence-corrected chi connectivity index (χ0v) is 15.3. The molecule has 24 heavy (non-hydrogen) atoms. The predicted molar refractivity (Wildman–Crippen MR) is 83.7 cm³/mol. The minimum atomic E-state index is -5.08. The first-order chi connectivity index (χ1) is 11.0. The minimum Gasteiger partial charge on any atom is -0.475 e. The number of carbonyl (C=O) groups excluding carboxylic acids is 1. The summed E-state index contributed by atoms with van der Waals surface area (Å²) in [7, 11) is 0. The molecule has 2 fully saturated rings. The lowest BCUT2D eigenvalue weighted by Crippen LogP contribution is -2.54. The van der Waals surface area contributed by atoms with Gasteiger partial charge >= 0.3 is 12.1 Å². The van der Waals surface area contributed by atoms with E-state index in [9.17, 15) is 18.0 Å². The Hall–Kier alpha value is -1.07. The fourth-order valence-corrected chi connectivity index (χ4v) is 2.80. The van der Waals surface area contributed by atoms with Crippen molar-refractivity contribution < 1.29 is 32.3 Å². The summed E-state index contributed by atoms with van der Waals surface area (Å²) in [6.45, 7) is 2.41. The van der Waals surface area contributed by atoms with Crippen LogP contribution in [0.5, 0.6) is 0 Å². The number of nitrogens with one attached hydrogen (secondary N) is 1. The third-order valence-electron chi connectivity index (χ3n) is 3.61. The number of piperazine rings is 1. The molecule has 2 aliphatic rings. The van der Waals surface area contributed by atoms with Crippen molar-refractivity contribution in [2.75, 3.05) is 19.6 Å². The van der Waals surface area contributed by atoms with Gasteiger partial charge in [-0.3, -0.25) is 4.79 Å². The molecule has 1 aliphatic carbocycles. The van der Waals surface area contributed by atoms with Crippen molar-refractivity contribution in [3.8, 4) is 0 Å². The SMILES string of the molecule is O=C(O)C(F)(F)F.O=C(c1cc(Br)c(Br)o1)N1CCNC2(CC2)C1. The van der Waals surface area contributed by atoms with Crippen LogP contribution in [0.1, 0.15) is 23.4 Å². The molecular weight excluding hydrogens is 465 g/mol. The molecule has 1 aromatic rings. The molecule has 11 heteroatoms. The first kappa shape index (κ1) is 19.3. The van der Waals surface area contributed by atoms with Gasteiger partial charge in [-0.15, -0.1) is 0 Å². The Labute approximate surface area is 151 Å². The van der Waals surface area contributed by atoms with Gasteiger partial charge in [0.25, 0.3) is 5.91 Å². The second-order valence-electron chi connectivity index (χ2n) is 5.47. The summed E-state index contributed by atoms with van der Waals surface area (Å²) in [4.78, 5) is 23.0. The average Bonchev–Trinajstić information content (AvgIpc) is 3.14. The van der Waals surface area contributed by atoms with Gasteiger partial charge < -0.3 is 19.7 Å². The number of carboxylic acids is 1. The third-order valence-corrected chi connectivity index (χ3v) is 5.32. The lowest BCUT2D eigenvalue weighted by atomic mass is 10.2. The highest BCUT2D eigenvalue weighted by molar-refractivity contribution is 9.13. The number of aliphatic carboxylic acids is 1. The third kappa shape index (κ3) is 4.73. The zero-order chi connectivity index (χ0) is 18.1. The normalized spacial score (nSPS) is 18.8. The van der Waals surface area contributed by atoms with Gasteiger partial charge in [0.2, 0.25) is 0 Å². The number of hydrogen-bond acceptors (Lipinski definition) is 4.